The van der Waals surface area contributed by atoms with Gasteiger partial charge < -0.3 is 4.43 Å². The van der Waals surface area contributed by atoms with Crippen molar-refractivity contribution in [2.24, 2.45) is 0 Å². The number of hydrogen-bond acceptors (Lipinski definition) is 2. The third kappa shape index (κ3) is 4.04. The first-order valence-electron chi connectivity index (χ1n) is 10.4. The molecule has 0 aliphatic heterocycles. The SMILES string of the molecule is [2H]C([2H])([2H])[Si](C)(C([2H])([2H])[2H])C([Si](C)(C)C)([Si](C)(C)C)[Si](C)(C)OC(=O)C(F)(F)F. The third-order valence-electron chi connectivity index (χ3n) is 4.48. The van der Waals surface area contributed by atoms with Crippen molar-refractivity contribution in [1.29, 1.82) is 0 Å². The molecular formula is C14H33F3O2Si4. The molecule has 0 aromatic heterocycles. The van der Waals surface area contributed by atoms with E-state index in [1.54, 1.807) is 39.3 Å². The molecule has 9 heteroatoms. The lowest BCUT2D eigenvalue weighted by molar-refractivity contribution is -0.190. The lowest BCUT2D eigenvalue weighted by Crippen LogP contribution is -2.76. The van der Waals surface area contributed by atoms with Crippen LogP contribution in [0.3, 0.4) is 0 Å². The first kappa shape index (κ1) is 14.3. The van der Waals surface area contributed by atoms with E-state index in [1.807, 2.05) is 0 Å². The Balaban J connectivity index is 7.65. The van der Waals surface area contributed by atoms with E-state index in [0.717, 1.165) is 0 Å². The molecule has 0 saturated heterocycles. The molecule has 0 radical (unpaired) electrons. The van der Waals surface area contributed by atoms with Crippen LogP contribution in [0.25, 0.3) is 0 Å². The summed E-state index contributed by atoms with van der Waals surface area (Å²) in [6.07, 6.45) is -5.24. The van der Waals surface area contributed by atoms with Crippen LogP contribution >= 0.6 is 0 Å². The Morgan fingerprint density at radius 2 is 1.17 bits per heavy atom. The highest BCUT2D eigenvalue weighted by atomic mass is 28.5. The minimum absolute atomic E-state index is 1.28. The van der Waals surface area contributed by atoms with E-state index in [-0.39, 0.29) is 0 Å². The molecule has 0 saturated carbocycles. The molecule has 0 aromatic carbocycles. The molecule has 0 aliphatic carbocycles. The van der Waals surface area contributed by atoms with Crippen molar-refractivity contribution < 1.29 is 30.6 Å². The van der Waals surface area contributed by atoms with Gasteiger partial charge in [0.1, 0.15) is 0 Å². The van der Waals surface area contributed by atoms with Crippen LogP contribution in [0.1, 0.15) is 8.22 Å². The molecule has 0 fully saturated rings. The average Bonchev–Trinajstić information content (AvgIpc) is 2.29. The second kappa shape index (κ2) is 6.13. The summed E-state index contributed by atoms with van der Waals surface area (Å²) in [7, 11) is -14.0. The van der Waals surface area contributed by atoms with Crippen LogP contribution < -0.4 is 0 Å². The van der Waals surface area contributed by atoms with Crippen molar-refractivity contribution in [2.45, 2.75) is 82.0 Å². The number of carbonyl (C=O) groups excluding carboxylic acids is 1. The Labute approximate surface area is 151 Å². The highest BCUT2D eigenvalue weighted by Crippen LogP contribution is 2.60. The van der Waals surface area contributed by atoms with Crippen molar-refractivity contribution in [3.8, 4) is 0 Å². The van der Waals surface area contributed by atoms with E-state index in [4.69, 9.17) is 12.7 Å². The molecule has 0 amide bonds. The maximum absolute atomic E-state index is 13.1. The van der Waals surface area contributed by atoms with E-state index < -0.39 is 61.5 Å². The Morgan fingerprint density at radius 1 is 0.826 bits per heavy atom. The summed E-state index contributed by atoms with van der Waals surface area (Å²) < 4.78 is 92.7. The summed E-state index contributed by atoms with van der Waals surface area (Å²) in [6.45, 7) is 9.09. The van der Waals surface area contributed by atoms with Gasteiger partial charge in [-0.05, 0) is 17.0 Å². The molecule has 0 bridgehead atoms. The van der Waals surface area contributed by atoms with Gasteiger partial charge in [0.15, 0.2) is 0 Å². The minimum atomic E-state index is -5.24. The quantitative estimate of drug-likeness (QED) is 0.548. The molecule has 138 valence electrons. The molecule has 0 aliphatic rings. The lowest BCUT2D eigenvalue weighted by Gasteiger charge is -2.64. The first-order chi connectivity index (χ1) is 12.1. The van der Waals surface area contributed by atoms with Gasteiger partial charge in [0, 0.05) is 32.4 Å². The van der Waals surface area contributed by atoms with Crippen molar-refractivity contribution in [3.63, 3.8) is 0 Å². The number of hydrogen-bond donors (Lipinski definition) is 0. The smallest absolute Gasteiger partial charge is 0.489 e. The lowest BCUT2D eigenvalue weighted by atomic mass is 10.7. The summed E-state index contributed by atoms with van der Waals surface area (Å²) in [5, 5.41) is 0. The number of carbonyl (C=O) groups is 1. The standard InChI is InChI=1S/C14H33F3O2Si4/c1-20(2,3)14(21(4,5)6,22(7,8)9)23(10,11)19-12(18)13(15,16)17/h1-11H3/i1D3,2D3. The summed E-state index contributed by atoms with van der Waals surface area (Å²) >= 11 is 0. The fraction of sp³-hybridized carbons (Fsp3) is 0.929. The Bertz CT molecular complexity index is 606. The van der Waals surface area contributed by atoms with Gasteiger partial charge in [-0.1, -0.05) is 58.8 Å². The zero-order valence-electron chi connectivity index (χ0n) is 21.5. The number of alkyl halides is 3. The van der Waals surface area contributed by atoms with Crippen LogP contribution in [0, 0.1) is 0 Å². The largest absolute Gasteiger partial charge is 0.513 e. The van der Waals surface area contributed by atoms with Crippen LogP contribution in [0.15, 0.2) is 0 Å². The van der Waals surface area contributed by atoms with E-state index in [0.29, 0.717) is 0 Å². The van der Waals surface area contributed by atoms with Gasteiger partial charge in [0.25, 0.3) is 0 Å². The van der Waals surface area contributed by atoms with Crippen molar-refractivity contribution in [2.75, 3.05) is 0 Å². The van der Waals surface area contributed by atoms with Crippen molar-refractivity contribution in [1.82, 2.24) is 0 Å². The van der Waals surface area contributed by atoms with E-state index in [1.165, 1.54) is 19.6 Å². The molecule has 0 heterocycles. The zero-order valence-corrected chi connectivity index (χ0v) is 19.5. The summed E-state index contributed by atoms with van der Waals surface area (Å²) in [5.74, 6) is -2.37. The van der Waals surface area contributed by atoms with Gasteiger partial charge in [-0.2, -0.15) is 13.2 Å². The third-order valence-corrected chi connectivity index (χ3v) is 36.4. The van der Waals surface area contributed by atoms with Crippen LogP contribution in [-0.4, -0.2) is 44.7 Å². The fourth-order valence-electron chi connectivity index (χ4n) is 5.40. The molecule has 0 spiro atoms. The van der Waals surface area contributed by atoms with E-state index >= 15 is 0 Å². The minimum Gasteiger partial charge on any atom is -0.513 e. The van der Waals surface area contributed by atoms with Crippen LogP contribution in [0.2, 0.25) is 75.8 Å². The molecule has 23 heavy (non-hydrogen) atoms. The van der Waals surface area contributed by atoms with Crippen LogP contribution in [0.4, 0.5) is 13.2 Å². The molecule has 0 unspecified atom stereocenters. The predicted molar refractivity (Wildman–Crippen MR) is 102 cm³/mol. The van der Waals surface area contributed by atoms with Gasteiger partial charge >= 0.3 is 12.1 Å². The molecule has 0 rings (SSSR count). The molecule has 2 nitrogen and oxygen atoms in total. The van der Waals surface area contributed by atoms with Gasteiger partial charge in [-0.15, -0.1) is 0 Å². The zero-order chi connectivity index (χ0) is 24.3. The number of rotatable bonds is 5. The summed E-state index contributed by atoms with van der Waals surface area (Å²) in [5.41, 5.74) is 0. The maximum atomic E-state index is 13.1. The summed E-state index contributed by atoms with van der Waals surface area (Å²) in [6, 6.07) is 0. The molecular weight excluding hydrogens is 369 g/mol. The van der Waals surface area contributed by atoms with Gasteiger partial charge in [-0.25, -0.2) is 4.79 Å². The summed E-state index contributed by atoms with van der Waals surface area (Å²) in [4.78, 5) is 11.9. The Morgan fingerprint density at radius 3 is 1.39 bits per heavy atom. The van der Waals surface area contributed by atoms with E-state index in [2.05, 4.69) is 0 Å². The normalized spacial score (nSPS) is 20.5. The topological polar surface area (TPSA) is 26.3 Å². The Kier molecular flexibility index (Phi) is 3.82. The van der Waals surface area contributed by atoms with E-state index in [9.17, 15) is 18.0 Å². The molecule has 0 atom stereocenters. The van der Waals surface area contributed by atoms with Crippen molar-refractivity contribution in [3.05, 3.63) is 0 Å². The Hall–Kier alpha value is 0.128. The van der Waals surface area contributed by atoms with Gasteiger partial charge in [0.05, 0.1) is 0 Å². The van der Waals surface area contributed by atoms with Crippen LogP contribution in [0.5, 0.6) is 0 Å². The van der Waals surface area contributed by atoms with Gasteiger partial charge in [0.2, 0.25) is 8.32 Å². The van der Waals surface area contributed by atoms with Crippen molar-refractivity contribution >= 4 is 38.5 Å². The molecule has 0 N–H and O–H groups in total. The van der Waals surface area contributed by atoms with Gasteiger partial charge in [-0.3, -0.25) is 0 Å². The predicted octanol–water partition coefficient (Wildman–Crippen LogP) is 5.67. The average molecular weight is 409 g/mol. The highest BCUT2D eigenvalue weighted by molar-refractivity contribution is 7.28. The second-order valence-corrected chi connectivity index (χ2v) is 29.2. The molecule has 0 aromatic rings. The fourth-order valence-corrected chi connectivity index (χ4v) is 46.9. The monoisotopic (exact) mass is 408 g/mol. The highest BCUT2D eigenvalue weighted by Gasteiger charge is 2.70. The second-order valence-electron chi connectivity index (χ2n) is 8.77. The first-order valence-corrected chi connectivity index (χ1v) is 19.8. The maximum Gasteiger partial charge on any atom is 0.489 e. The number of halogens is 3. The van der Waals surface area contributed by atoms with Crippen LogP contribution in [-0.2, 0) is 9.22 Å².